The number of anilines is 2. The van der Waals surface area contributed by atoms with Crippen LogP contribution in [0.1, 0.15) is 26.7 Å². The van der Waals surface area contributed by atoms with Crippen molar-refractivity contribution < 1.29 is 9.59 Å². The smallest absolute Gasteiger partial charge is 0.270 e. The average Bonchev–Trinajstić information content (AvgIpc) is 3.53. The van der Waals surface area contributed by atoms with Crippen molar-refractivity contribution in [2.24, 2.45) is 11.8 Å². The van der Waals surface area contributed by atoms with E-state index in [0.717, 1.165) is 18.2 Å². The molecule has 0 bridgehead atoms. The molecular formula is C22H22ClN7O2. The van der Waals surface area contributed by atoms with Crippen molar-refractivity contribution in [2.45, 2.75) is 26.7 Å². The van der Waals surface area contributed by atoms with E-state index in [4.69, 9.17) is 22.4 Å². The molecule has 1 fully saturated rings. The van der Waals surface area contributed by atoms with Gasteiger partial charge >= 0.3 is 0 Å². The molecule has 1 saturated carbocycles. The second-order valence-corrected chi connectivity index (χ2v) is 8.28. The third-order valence-electron chi connectivity index (χ3n) is 5.42. The Kier molecular flexibility index (Phi) is 5.75. The number of pyridine rings is 2. The largest absolute Gasteiger partial charge is 0.339 e. The third-order valence-corrected chi connectivity index (χ3v) is 5.81. The Morgan fingerprint density at radius 3 is 2.66 bits per heavy atom. The van der Waals surface area contributed by atoms with Crippen molar-refractivity contribution in [1.82, 2.24) is 15.0 Å². The molecule has 0 aliphatic heterocycles. The third kappa shape index (κ3) is 4.38. The summed E-state index contributed by atoms with van der Waals surface area (Å²) in [6.07, 6.45) is 4.84. The van der Waals surface area contributed by atoms with Gasteiger partial charge in [0, 0.05) is 40.4 Å². The monoisotopic (exact) mass is 451 g/mol. The standard InChI is InChI=1S/C22H22ClN7O2/c1-10(11(2)24)18(25)22(32)28-14-7-13-8-16(29-19(13)27-9-14)15-5-6-26-20(17(15)23)30-21(31)12-3-4-12/h5-10,12,24-25H,3-4H2,1-2H3,(H,27,29)(H,28,32)(H,26,30,31). The molecule has 10 heteroatoms. The van der Waals surface area contributed by atoms with E-state index in [2.05, 4.69) is 25.6 Å². The minimum atomic E-state index is -0.575. The molecule has 1 aliphatic carbocycles. The van der Waals surface area contributed by atoms with Gasteiger partial charge in [0.15, 0.2) is 5.82 Å². The van der Waals surface area contributed by atoms with E-state index >= 15 is 0 Å². The number of halogens is 1. The highest BCUT2D eigenvalue weighted by atomic mass is 35.5. The Morgan fingerprint density at radius 2 is 1.97 bits per heavy atom. The van der Waals surface area contributed by atoms with Gasteiger partial charge in [-0.25, -0.2) is 9.97 Å². The maximum Gasteiger partial charge on any atom is 0.270 e. The van der Waals surface area contributed by atoms with E-state index in [0.29, 0.717) is 33.4 Å². The molecule has 0 aromatic carbocycles. The van der Waals surface area contributed by atoms with Crippen molar-refractivity contribution in [2.75, 3.05) is 10.6 Å². The lowest BCUT2D eigenvalue weighted by molar-refractivity contribution is -0.117. The molecule has 9 nitrogen and oxygen atoms in total. The number of nitrogens with one attached hydrogen (secondary N) is 5. The Morgan fingerprint density at radius 1 is 1.22 bits per heavy atom. The maximum absolute atomic E-state index is 12.3. The summed E-state index contributed by atoms with van der Waals surface area (Å²) in [5, 5.41) is 22.1. The molecule has 3 heterocycles. The number of H-pyrrole nitrogens is 1. The maximum atomic E-state index is 12.3. The lowest BCUT2D eigenvalue weighted by atomic mass is 10.0. The summed E-state index contributed by atoms with van der Waals surface area (Å²) in [5.41, 5.74) is 2.44. The number of nitrogens with zero attached hydrogens (tertiary/aromatic N) is 2. The van der Waals surface area contributed by atoms with Crippen LogP contribution >= 0.6 is 11.6 Å². The second-order valence-electron chi connectivity index (χ2n) is 7.90. The van der Waals surface area contributed by atoms with Crippen molar-refractivity contribution in [3.8, 4) is 11.3 Å². The number of rotatable bonds is 7. The lowest BCUT2D eigenvalue weighted by Crippen LogP contribution is -2.30. The number of aromatic nitrogens is 3. The molecule has 0 radical (unpaired) electrons. The van der Waals surface area contributed by atoms with Crippen LogP contribution in [-0.2, 0) is 9.59 Å². The van der Waals surface area contributed by atoms with E-state index in [1.807, 2.05) is 6.07 Å². The number of carbonyl (C=O) groups is 2. The van der Waals surface area contributed by atoms with Crippen LogP contribution in [0, 0.1) is 22.7 Å². The van der Waals surface area contributed by atoms with Gasteiger partial charge < -0.3 is 21.0 Å². The molecule has 1 atom stereocenters. The zero-order chi connectivity index (χ0) is 23.0. The number of aromatic amines is 1. The summed E-state index contributed by atoms with van der Waals surface area (Å²) in [6.45, 7) is 3.21. The Hall–Kier alpha value is -3.59. The zero-order valence-corrected chi connectivity index (χ0v) is 18.3. The topological polar surface area (TPSA) is 147 Å². The van der Waals surface area contributed by atoms with Crippen LogP contribution in [0.25, 0.3) is 22.3 Å². The predicted octanol–water partition coefficient (Wildman–Crippen LogP) is 4.26. The Bertz CT molecular complexity index is 1260. The normalized spacial score (nSPS) is 14.1. The van der Waals surface area contributed by atoms with Gasteiger partial charge in [-0.3, -0.25) is 15.0 Å². The number of hydrogen-bond donors (Lipinski definition) is 5. The summed E-state index contributed by atoms with van der Waals surface area (Å²) in [6, 6.07) is 5.31. The van der Waals surface area contributed by atoms with Crippen LogP contribution in [0.15, 0.2) is 30.6 Å². The first-order valence-corrected chi connectivity index (χ1v) is 10.5. The van der Waals surface area contributed by atoms with Gasteiger partial charge in [-0.1, -0.05) is 18.5 Å². The van der Waals surface area contributed by atoms with Gasteiger partial charge in [0.25, 0.3) is 5.91 Å². The molecule has 0 spiro atoms. The van der Waals surface area contributed by atoms with E-state index < -0.39 is 11.8 Å². The number of fused-ring (bicyclic) bond motifs is 1. The van der Waals surface area contributed by atoms with E-state index in [9.17, 15) is 9.59 Å². The van der Waals surface area contributed by atoms with Crippen molar-refractivity contribution in [3.05, 3.63) is 35.6 Å². The highest BCUT2D eigenvalue weighted by molar-refractivity contribution is 6.45. The van der Waals surface area contributed by atoms with Crippen LogP contribution in [-0.4, -0.2) is 38.2 Å². The van der Waals surface area contributed by atoms with E-state index in [1.165, 1.54) is 6.20 Å². The Labute approximate surface area is 189 Å². The van der Waals surface area contributed by atoms with Gasteiger partial charge in [0.1, 0.15) is 11.4 Å². The molecule has 1 unspecified atom stereocenters. The summed E-state index contributed by atoms with van der Waals surface area (Å²) in [4.78, 5) is 36.1. The molecule has 164 valence electrons. The van der Waals surface area contributed by atoms with Gasteiger partial charge in [-0.15, -0.1) is 0 Å². The van der Waals surface area contributed by atoms with E-state index in [-0.39, 0.29) is 23.2 Å². The molecule has 3 aromatic heterocycles. The quantitative estimate of drug-likeness (QED) is 0.341. The fourth-order valence-corrected chi connectivity index (χ4v) is 3.40. The van der Waals surface area contributed by atoms with Crippen molar-refractivity contribution >= 4 is 57.4 Å². The van der Waals surface area contributed by atoms with Gasteiger partial charge in [0.05, 0.1) is 16.9 Å². The molecule has 1 aliphatic rings. The Balaban J connectivity index is 1.57. The number of amides is 2. The summed E-state index contributed by atoms with van der Waals surface area (Å²) >= 11 is 6.51. The fraction of sp³-hybridized carbons (Fsp3) is 0.273. The average molecular weight is 452 g/mol. The zero-order valence-electron chi connectivity index (χ0n) is 17.5. The molecule has 32 heavy (non-hydrogen) atoms. The van der Waals surface area contributed by atoms with Crippen LogP contribution in [0.5, 0.6) is 0 Å². The highest BCUT2D eigenvalue weighted by Gasteiger charge is 2.30. The summed E-state index contributed by atoms with van der Waals surface area (Å²) in [7, 11) is 0. The number of hydrogen-bond acceptors (Lipinski definition) is 6. The highest BCUT2D eigenvalue weighted by Crippen LogP contribution is 2.35. The van der Waals surface area contributed by atoms with Crippen molar-refractivity contribution in [1.29, 1.82) is 10.8 Å². The molecule has 5 N–H and O–H groups in total. The molecule has 2 amide bonds. The van der Waals surface area contributed by atoms with Crippen LogP contribution < -0.4 is 10.6 Å². The molecule has 0 saturated heterocycles. The minimum Gasteiger partial charge on any atom is -0.339 e. The van der Waals surface area contributed by atoms with Crippen LogP contribution in [0.2, 0.25) is 5.02 Å². The lowest BCUT2D eigenvalue weighted by Gasteiger charge is -2.11. The molecule has 3 aromatic rings. The SMILES string of the molecule is CC(=N)C(C)C(=N)C(=O)Nc1cnc2[nH]c(-c3ccnc(NC(=O)C4CC4)c3Cl)cc2c1. The molecular weight excluding hydrogens is 430 g/mol. The first-order valence-electron chi connectivity index (χ1n) is 10.1. The van der Waals surface area contributed by atoms with Crippen molar-refractivity contribution in [3.63, 3.8) is 0 Å². The molecule has 4 rings (SSSR count). The van der Waals surface area contributed by atoms with Crippen LogP contribution in [0.4, 0.5) is 11.5 Å². The predicted molar refractivity (Wildman–Crippen MR) is 125 cm³/mol. The first-order chi connectivity index (χ1) is 15.2. The number of carbonyl (C=O) groups excluding carboxylic acids is 2. The summed E-state index contributed by atoms with van der Waals surface area (Å²) < 4.78 is 0. The van der Waals surface area contributed by atoms with Gasteiger partial charge in [0.2, 0.25) is 5.91 Å². The summed E-state index contributed by atoms with van der Waals surface area (Å²) in [5.74, 6) is -0.860. The van der Waals surface area contributed by atoms with Gasteiger partial charge in [-0.05, 0) is 38.0 Å². The fourth-order valence-electron chi connectivity index (χ4n) is 3.14. The first kappa shape index (κ1) is 21.6. The second kappa shape index (κ2) is 8.51. The van der Waals surface area contributed by atoms with Crippen LogP contribution in [0.3, 0.4) is 0 Å². The van der Waals surface area contributed by atoms with Gasteiger partial charge in [-0.2, -0.15) is 0 Å². The van der Waals surface area contributed by atoms with E-state index in [1.54, 1.807) is 32.2 Å². The minimum absolute atomic E-state index is 0.0369.